The topological polar surface area (TPSA) is 131 Å². The Bertz CT molecular complexity index is 824. The molecule has 0 bridgehead atoms. The molecule has 2 atom stereocenters. The van der Waals surface area contributed by atoms with Crippen LogP contribution in [-0.4, -0.2) is 41.7 Å². The molecular weight excluding hydrogens is 374 g/mol. The normalized spacial score (nSPS) is 12.5. The molecule has 0 aliphatic heterocycles. The summed E-state index contributed by atoms with van der Waals surface area (Å²) in [5.41, 5.74) is 8.04. The van der Waals surface area contributed by atoms with Gasteiger partial charge in [0.1, 0.15) is 18.7 Å². The van der Waals surface area contributed by atoms with E-state index in [-0.39, 0.29) is 13.0 Å². The summed E-state index contributed by atoms with van der Waals surface area (Å²) in [6.07, 6.45) is -0.671. The standard InChI is InChI=1S/C21H25N3O5/c1-14-7-9-15(10-8-14)11-17(19(22)26)23-20(27)18(12-25)24-21(28)29-13-16-5-3-2-4-6-16/h2-10,17-18,25H,11-13H2,1H3,(H2,22,26)(H,23,27)(H,24,28)/t17-,18-/m0/s1. The van der Waals surface area contributed by atoms with Gasteiger partial charge in [-0.1, -0.05) is 60.2 Å². The van der Waals surface area contributed by atoms with Crippen molar-refractivity contribution in [1.29, 1.82) is 0 Å². The summed E-state index contributed by atoms with van der Waals surface area (Å²) in [4.78, 5) is 36.0. The van der Waals surface area contributed by atoms with Crippen LogP contribution in [-0.2, 0) is 27.4 Å². The van der Waals surface area contributed by atoms with Crippen LogP contribution < -0.4 is 16.4 Å². The van der Waals surface area contributed by atoms with E-state index in [1.807, 2.05) is 37.3 Å². The Morgan fingerprint density at radius 1 is 0.966 bits per heavy atom. The molecule has 0 saturated heterocycles. The summed E-state index contributed by atoms with van der Waals surface area (Å²) in [5.74, 6) is -1.46. The summed E-state index contributed by atoms with van der Waals surface area (Å²) in [6, 6.07) is 14.2. The number of hydrogen-bond donors (Lipinski definition) is 4. The molecule has 2 aromatic rings. The third-order valence-electron chi connectivity index (χ3n) is 4.22. The van der Waals surface area contributed by atoms with Gasteiger partial charge in [-0.2, -0.15) is 0 Å². The van der Waals surface area contributed by atoms with Gasteiger partial charge in [0.15, 0.2) is 0 Å². The van der Waals surface area contributed by atoms with E-state index in [0.29, 0.717) is 0 Å². The molecule has 2 aromatic carbocycles. The number of alkyl carbamates (subject to hydrolysis) is 1. The van der Waals surface area contributed by atoms with Crippen molar-refractivity contribution in [2.45, 2.75) is 32.0 Å². The number of carbonyl (C=O) groups excluding carboxylic acids is 3. The zero-order chi connectivity index (χ0) is 21.2. The molecule has 29 heavy (non-hydrogen) atoms. The fraction of sp³-hybridized carbons (Fsp3) is 0.286. The number of aryl methyl sites for hydroxylation is 1. The maximum Gasteiger partial charge on any atom is 0.408 e. The van der Waals surface area contributed by atoms with E-state index in [2.05, 4.69) is 10.6 Å². The fourth-order valence-electron chi connectivity index (χ4n) is 2.56. The lowest BCUT2D eigenvalue weighted by Crippen LogP contribution is -2.54. The molecule has 0 heterocycles. The van der Waals surface area contributed by atoms with Gasteiger partial charge in [-0.05, 0) is 18.1 Å². The van der Waals surface area contributed by atoms with Crippen LogP contribution in [0.15, 0.2) is 54.6 Å². The number of hydrogen-bond acceptors (Lipinski definition) is 5. The maximum atomic E-state index is 12.4. The number of aliphatic hydroxyl groups excluding tert-OH is 1. The monoisotopic (exact) mass is 399 g/mol. The van der Waals surface area contributed by atoms with Crippen LogP contribution in [0.5, 0.6) is 0 Å². The van der Waals surface area contributed by atoms with E-state index in [1.54, 1.807) is 24.3 Å². The molecular formula is C21H25N3O5. The zero-order valence-corrected chi connectivity index (χ0v) is 16.1. The Hall–Kier alpha value is -3.39. The third kappa shape index (κ3) is 7.27. The van der Waals surface area contributed by atoms with Crippen molar-refractivity contribution >= 4 is 17.9 Å². The second-order valence-electron chi connectivity index (χ2n) is 6.59. The van der Waals surface area contributed by atoms with E-state index in [4.69, 9.17) is 10.5 Å². The van der Waals surface area contributed by atoms with Crippen molar-refractivity contribution < 1.29 is 24.2 Å². The van der Waals surface area contributed by atoms with Crippen molar-refractivity contribution in [2.75, 3.05) is 6.61 Å². The van der Waals surface area contributed by atoms with Crippen molar-refractivity contribution in [2.24, 2.45) is 5.73 Å². The molecule has 0 fully saturated rings. The number of nitrogens with two attached hydrogens (primary N) is 1. The van der Waals surface area contributed by atoms with Gasteiger partial charge in [0.25, 0.3) is 0 Å². The van der Waals surface area contributed by atoms with E-state index in [9.17, 15) is 19.5 Å². The summed E-state index contributed by atoms with van der Waals surface area (Å²) in [5, 5.41) is 14.2. The van der Waals surface area contributed by atoms with Crippen LogP contribution in [0.4, 0.5) is 4.79 Å². The molecule has 0 radical (unpaired) electrons. The van der Waals surface area contributed by atoms with Gasteiger partial charge in [0.2, 0.25) is 11.8 Å². The van der Waals surface area contributed by atoms with Gasteiger partial charge in [-0.25, -0.2) is 4.79 Å². The number of ether oxygens (including phenoxy) is 1. The van der Waals surface area contributed by atoms with Gasteiger partial charge in [0.05, 0.1) is 6.61 Å². The summed E-state index contributed by atoms with van der Waals surface area (Å²) >= 11 is 0. The molecule has 0 aromatic heterocycles. The highest BCUT2D eigenvalue weighted by Crippen LogP contribution is 2.07. The smallest absolute Gasteiger partial charge is 0.408 e. The van der Waals surface area contributed by atoms with Gasteiger partial charge >= 0.3 is 6.09 Å². The van der Waals surface area contributed by atoms with Crippen molar-refractivity contribution in [3.05, 3.63) is 71.3 Å². The minimum atomic E-state index is -1.28. The Labute approximate surface area is 169 Å². The van der Waals surface area contributed by atoms with Gasteiger partial charge in [0, 0.05) is 6.42 Å². The Morgan fingerprint density at radius 3 is 2.21 bits per heavy atom. The molecule has 2 rings (SSSR count). The first-order valence-corrected chi connectivity index (χ1v) is 9.12. The molecule has 0 spiro atoms. The lowest BCUT2D eigenvalue weighted by molar-refractivity contribution is -0.129. The van der Waals surface area contributed by atoms with Gasteiger partial charge in [-0.15, -0.1) is 0 Å². The van der Waals surface area contributed by atoms with Gasteiger partial charge < -0.3 is 26.2 Å². The van der Waals surface area contributed by atoms with Crippen LogP contribution in [0.3, 0.4) is 0 Å². The molecule has 0 aliphatic rings. The predicted molar refractivity (Wildman–Crippen MR) is 107 cm³/mol. The number of carbonyl (C=O) groups is 3. The average molecular weight is 399 g/mol. The summed E-state index contributed by atoms with van der Waals surface area (Å²) in [6.45, 7) is 1.29. The maximum absolute atomic E-state index is 12.4. The van der Waals surface area contributed by atoms with E-state index in [1.165, 1.54) is 0 Å². The number of nitrogens with one attached hydrogen (secondary N) is 2. The Kier molecular flexibility index (Phi) is 8.17. The number of benzene rings is 2. The molecule has 0 unspecified atom stereocenters. The first-order chi connectivity index (χ1) is 13.9. The first kappa shape index (κ1) is 21.9. The van der Waals surface area contributed by atoms with Crippen molar-refractivity contribution in [3.63, 3.8) is 0 Å². The van der Waals surface area contributed by atoms with E-state index in [0.717, 1.165) is 16.7 Å². The van der Waals surface area contributed by atoms with Crippen molar-refractivity contribution in [3.8, 4) is 0 Å². The van der Waals surface area contributed by atoms with Gasteiger partial charge in [-0.3, -0.25) is 9.59 Å². The number of aliphatic hydroxyl groups is 1. The lowest BCUT2D eigenvalue weighted by Gasteiger charge is -2.20. The zero-order valence-electron chi connectivity index (χ0n) is 16.1. The molecule has 154 valence electrons. The van der Waals surface area contributed by atoms with Crippen molar-refractivity contribution in [1.82, 2.24) is 10.6 Å². The highest BCUT2D eigenvalue weighted by atomic mass is 16.5. The van der Waals surface area contributed by atoms with Crippen LogP contribution in [0.25, 0.3) is 0 Å². The Morgan fingerprint density at radius 2 is 1.62 bits per heavy atom. The largest absolute Gasteiger partial charge is 0.445 e. The lowest BCUT2D eigenvalue weighted by atomic mass is 10.0. The number of amides is 3. The second-order valence-corrected chi connectivity index (χ2v) is 6.59. The second kappa shape index (κ2) is 10.8. The van der Waals surface area contributed by atoms with Crippen LogP contribution in [0, 0.1) is 6.92 Å². The van der Waals surface area contributed by atoms with E-state index >= 15 is 0 Å². The molecule has 0 aliphatic carbocycles. The molecule has 8 heteroatoms. The number of rotatable bonds is 9. The Balaban J connectivity index is 1.91. The highest BCUT2D eigenvalue weighted by molar-refractivity contribution is 5.90. The van der Waals surface area contributed by atoms with Crippen LogP contribution >= 0.6 is 0 Å². The third-order valence-corrected chi connectivity index (χ3v) is 4.22. The summed E-state index contributed by atoms with van der Waals surface area (Å²) < 4.78 is 5.04. The molecule has 8 nitrogen and oxygen atoms in total. The highest BCUT2D eigenvalue weighted by Gasteiger charge is 2.25. The number of primary amides is 1. The van der Waals surface area contributed by atoms with Crippen LogP contribution in [0.2, 0.25) is 0 Å². The quantitative estimate of drug-likeness (QED) is 0.495. The predicted octanol–water partition coefficient (Wildman–Crippen LogP) is 0.795. The molecule has 5 N–H and O–H groups in total. The minimum absolute atomic E-state index is 0.0176. The average Bonchev–Trinajstić information content (AvgIpc) is 2.72. The van der Waals surface area contributed by atoms with Crippen LogP contribution in [0.1, 0.15) is 16.7 Å². The molecule has 3 amide bonds. The minimum Gasteiger partial charge on any atom is -0.445 e. The first-order valence-electron chi connectivity index (χ1n) is 9.12. The van der Waals surface area contributed by atoms with E-state index < -0.39 is 36.6 Å². The fourth-order valence-corrected chi connectivity index (χ4v) is 2.56. The summed E-state index contributed by atoms with van der Waals surface area (Å²) in [7, 11) is 0. The SMILES string of the molecule is Cc1ccc(C[C@H](NC(=O)[C@H](CO)NC(=O)OCc2ccccc2)C(N)=O)cc1. The molecule has 0 saturated carbocycles.